The molecule has 0 fully saturated rings. The number of halogens is 3. The van der Waals surface area contributed by atoms with Crippen LogP contribution in [0.3, 0.4) is 0 Å². The summed E-state index contributed by atoms with van der Waals surface area (Å²) in [5.74, 6) is 0.106. The Hall–Kier alpha value is -3.28. The van der Waals surface area contributed by atoms with E-state index in [4.69, 9.17) is 9.84 Å². The maximum Gasteiger partial charge on any atom is 0.416 e. The van der Waals surface area contributed by atoms with Crippen LogP contribution in [0.1, 0.15) is 35.1 Å². The molecule has 6 heteroatoms. The quantitative estimate of drug-likeness (QED) is 0.474. The first-order valence-electron chi connectivity index (χ1n) is 10.5. The normalized spacial score (nSPS) is 15.8. The average molecular weight is 440 g/mol. The van der Waals surface area contributed by atoms with E-state index in [1.54, 1.807) is 0 Å². The summed E-state index contributed by atoms with van der Waals surface area (Å²) in [6.45, 7) is 0.325. The molecule has 0 saturated heterocycles. The molecular weight excluding hydrogens is 417 g/mol. The Morgan fingerprint density at radius 1 is 0.969 bits per heavy atom. The number of aryl methyl sites for hydroxylation is 1. The molecule has 0 amide bonds. The number of alkyl halides is 3. The smallest absolute Gasteiger partial charge is 0.416 e. The number of benzene rings is 3. The summed E-state index contributed by atoms with van der Waals surface area (Å²) in [4.78, 5) is 11.0. The molecule has 166 valence electrons. The lowest BCUT2D eigenvalue weighted by Crippen LogP contribution is -2.17. The Kier molecular flexibility index (Phi) is 6.21. The molecule has 1 unspecified atom stereocenters. The van der Waals surface area contributed by atoms with Crippen LogP contribution in [0.2, 0.25) is 0 Å². The van der Waals surface area contributed by atoms with E-state index >= 15 is 0 Å². The van der Waals surface area contributed by atoms with Crippen molar-refractivity contribution in [2.45, 2.75) is 38.5 Å². The van der Waals surface area contributed by atoms with Gasteiger partial charge in [0.15, 0.2) is 0 Å². The summed E-state index contributed by atoms with van der Waals surface area (Å²) in [7, 11) is 0. The van der Waals surface area contributed by atoms with Crippen molar-refractivity contribution in [3.63, 3.8) is 0 Å². The second kappa shape index (κ2) is 9.07. The highest BCUT2D eigenvalue weighted by Gasteiger charge is 2.30. The largest absolute Gasteiger partial charge is 0.489 e. The van der Waals surface area contributed by atoms with Gasteiger partial charge in [-0.15, -0.1) is 0 Å². The van der Waals surface area contributed by atoms with Gasteiger partial charge in [0.2, 0.25) is 0 Å². The average Bonchev–Trinajstić information content (AvgIpc) is 2.77. The summed E-state index contributed by atoms with van der Waals surface area (Å²) in [6.07, 6.45) is -1.67. The van der Waals surface area contributed by atoms with Crippen LogP contribution >= 0.6 is 0 Å². The van der Waals surface area contributed by atoms with E-state index in [2.05, 4.69) is 0 Å². The third-order valence-corrected chi connectivity index (χ3v) is 5.85. The van der Waals surface area contributed by atoms with E-state index in [0.29, 0.717) is 12.2 Å². The van der Waals surface area contributed by atoms with Gasteiger partial charge in [0, 0.05) is 6.42 Å². The van der Waals surface area contributed by atoms with Gasteiger partial charge in [-0.1, -0.05) is 36.4 Å². The summed E-state index contributed by atoms with van der Waals surface area (Å²) in [6, 6.07) is 18.6. The SMILES string of the molecule is O=C(O)CC1CCc2ccc(OCc3cccc(-c4ccc(C(F)(F)F)cc4)c3)cc2C1. The molecule has 0 bridgehead atoms. The van der Waals surface area contributed by atoms with Crippen molar-refractivity contribution in [3.8, 4) is 16.9 Å². The predicted octanol–water partition coefficient (Wildman–Crippen LogP) is 6.53. The minimum atomic E-state index is -4.35. The molecule has 0 aromatic heterocycles. The minimum absolute atomic E-state index is 0.149. The van der Waals surface area contributed by atoms with Crippen molar-refractivity contribution in [2.24, 2.45) is 5.92 Å². The van der Waals surface area contributed by atoms with Crippen molar-refractivity contribution in [3.05, 3.63) is 89.0 Å². The van der Waals surface area contributed by atoms with Crippen molar-refractivity contribution in [1.82, 2.24) is 0 Å². The monoisotopic (exact) mass is 440 g/mol. The van der Waals surface area contributed by atoms with Gasteiger partial charge < -0.3 is 9.84 Å². The third kappa shape index (κ3) is 5.31. The number of ether oxygens (including phenoxy) is 1. The van der Waals surface area contributed by atoms with Gasteiger partial charge in [-0.05, 0) is 83.3 Å². The van der Waals surface area contributed by atoms with E-state index in [0.717, 1.165) is 53.8 Å². The first-order valence-corrected chi connectivity index (χ1v) is 10.5. The number of fused-ring (bicyclic) bond motifs is 1. The van der Waals surface area contributed by atoms with Gasteiger partial charge in [-0.25, -0.2) is 0 Å². The molecule has 0 heterocycles. The Bertz CT molecular complexity index is 1100. The Morgan fingerprint density at radius 2 is 1.75 bits per heavy atom. The van der Waals surface area contributed by atoms with Gasteiger partial charge >= 0.3 is 12.1 Å². The zero-order chi connectivity index (χ0) is 22.7. The molecule has 3 nitrogen and oxygen atoms in total. The fourth-order valence-corrected chi connectivity index (χ4v) is 4.18. The standard InChI is InChI=1S/C26H23F3O3/c27-26(28,29)23-9-6-19(7-10-23)21-3-1-2-18(13-21)16-32-24-11-8-20-5-4-17(14-25(30)31)12-22(20)15-24/h1-3,6-11,13,15,17H,4-5,12,14,16H2,(H,30,31). The minimum Gasteiger partial charge on any atom is -0.489 e. The number of carboxylic acid groups (broad SMARTS) is 1. The van der Waals surface area contributed by atoms with Gasteiger partial charge in [0.25, 0.3) is 0 Å². The van der Waals surface area contributed by atoms with Crippen LogP contribution in [-0.4, -0.2) is 11.1 Å². The zero-order valence-electron chi connectivity index (χ0n) is 17.4. The molecule has 3 aromatic rings. The summed E-state index contributed by atoms with van der Waals surface area (Å²) < 4.78 is 44.3. The number of hydrogen-bond acceptors (Lipinski definition) is 2. The first-order chi connectivity index (χ1) is 15.3. The highest BCUT2D eigenvalue weighted by molar-refractivity contribution is 5.67. The Balaban J connectivity index is 1.43. The fourth-order valence-electron chi connectivity index (χ4n) is 4.18. The molecule has 0 saturated carbocycles. The van der Waals surface area contributed by atoms with Crippen LogP contribution in [0.15, 0.2) is 66.7 Å². The lowest BCUT2D eigenvalue weighted by Gasteiger charge is -2.24. The zero-order valence-corrected chi connectivity index (χ0v) is 17.4. The highest BCUT2D eigenvalue weighted by Crippen LogP contribution is 2.32. The maximum atomic E-state index is 12.8. The second-order valence-electron chi connectivity index (χ2n) is 8.20. The van der Waals surface area contributed by atoms with Crippen LogP contribution in [0, 0.1) is 5.92 Å². The predicted molar refractivity (Wildman–Crippen MR) is 115 cm³/mol. The number of rotatable bonds is 6. The Labute approximate surface area is 184 Å². The van der Waals surface area contributed by atoms with Crippen LogP contribution in [0.25, 0.3) is 11.1 Å². The number of carboxylic acids is 1. The van der Waals surface area contributed by atoms with E-state index < -0.39 is 17.7 Å². The molecule has 0 spiro atoms. The number of carbonyl (C=O) groups is 1. The molecule has 32 heavy (non-hydrogen) atoms. The third-order valence-electron chi connectivity index (χ3n) is 5.85. The summed E-state index contributed by atoms with van der Waals surface area (Å²) in [5, 5.41) is 9.06. The molecule has 3 aromatic carbocycles. The molecular formula is C26H23F3O3. The summed E-state index contributed by atoms with van der Waals surface area (Å²) in [5.41, 5.74) is 4.14. The van der Waals surface area contributed by atoms with E-state index in [1.165, 1.54) is 17.7 Å². The molecule has 0 aliphatic heterocycles. The molecule has 1 aliphatic rings. The lowest BCUT2D eigenvalue weighted by molar-refractivity contribution is -0.138. The van der Waals surface area contributed by atoms with E-state index in [1.807, 2.05) is 42.5 Å². The Morgan fingerprint density at radius 3 is 2.47 bits per heavy atom. The van der Waals surface area contributed by atoms with Crippen molar-refractivity contribution >= 4 is 5.97 Å². The molecule has 1 aliphatic carbocycles. The fraction of sp³-hybridized carbons (Fsp3) is 0.269. The second-order valence-corrected chi connectivity index (χ2v) is 8.20. The molecule has 1 N–H and O–H groups in total. The van der Waals surface area contributed by atoms with Gasteiger partial charge in [0.05, 0.1) is 5.56 Å². The van der Waals surface area contributed by atoms with Gasteiger partial charge in [-0.2, -0.15) is 13.2 Å². The topological polar surface area (TPSA) is 46.5 Å². The molecule has 4 rings (SSSR count). The summed E-state index contributed by atoms with van der Waals surface area (Å²) >= 11 is 0. The highest BCUT2D eigenvalue weighted by atomic mass is 19.4. The van der Waals surface area contributed by atoms with Crippen molar-refractivity contribution in [2.75, 3.05) is 0 Å². The van der Waals surface area contributed by atoms with Crippen LogP contribution in [0.5, 0.6) is 5.75 Å². The maximum absolute atomic E-state index is 12.8. The van der Waals surface area contributed by atoms with E-state index in [9.17, 15) is 18.0 Å². The van der Waals surface area contributed by atoms with Crippen LogP contribution in [0.4, 0.5) is 13.2 Å². The van der Waals surface area contributed by atoms with Crippen molar-refractivity contribution < 1.29 is 27.8 Å². The molecule has 0 radical (unpaired) electrons. The first kappa shape index (κ1) is 21.9. The van der Waals surface area contributed by atoms with Crippen molar-refractivity contribution in [1.29, 1.82) is 0 Å². The van der Waals surface area contributed by atoms with Gasteiger partial charge in [-0.3, -0.25) is 4.79 Å². The number of aliphatic carboxylic acids is 1. The molecule has 1 atom stereocenters. The lowest BCUT2D eigenvalue weighted by atomic mass is 9.82. The van der Waals surface area contributed by atoms with Gasteiger partial charge in [0.1, 0.15) is 12.4 Å². The van der Waals surface area contributed by atoms with Crippen LogP contribution < -0.4 is 4.74 Å². The van der Waals surface area contributed by atoms with E-state index in [-0.39, 0.29) is 12.3 Å². The number of hydrogen-bond donors (Lipinski definition) is 1. The van der Waals surface area contributed by atoms with Crippen LogP contribution in [-0.2, 0) is 30.4 Å².